The lowest BCUT2D eigenvalue weighted by Gasteiger charge is -2.15. The third-order valence-electron chi connectivity index (χ3n) is 3.01. The molecule has 1 atom stereocenters. The van der Waals surface area contributed by atoms with Crippen molar-refractivity contribution in [3.63, 3.8) is 0 Å². The third-order valence-corrected chi connectivity index (χ3v) is 3.26. The van der Waals surface area contributed by atoms with Crippen LogP contribution in [0.5, 0.6) is 0 Å². The van der Waals surface area contributed by atoms with Crippen molar-refractivity contribution in [2.45, 2.75) is 19.5 Å². The SMILES string of the molecule is CNC(C)c1cccn1Cc1ccc(Cl)cc1. The molecule has 0 aliphatic rings. The summed E-state index contributed by atoms with van der Waals surface area (Å²) in [6.45, 7) is 3.04. The van der Waals surface area contributed by atoms with Gasteiger partial charge in [-0.25, -0.2) is 0 Å². The Morgan fingerprint density at radius 2 is 1.94 bits per heavy atom. The minimum Gasteiger partial charge on any atom is -0.346 e. The molecule has 2 rings (SSSR count). The zero-order chi connectivity index (χ0) is 12.3. The fraction of sp³-hybridized carbons (Fsp3) is 0.286. The fourth-order valence-electron chi connectivity index (χ4n) is 1.90. The molecule has 0 amide bonds. The van der Waals surface area contributed by atoms with E-state index >= 15 is 0 Å². The average molecular weight is 249 g/mol. The molecule has 3 heteroatoms. The Balaban J connectivity index is 2.18. The van der Waals surface area contributed by atoms with Gasteiger partial charge in [0.05, 0.1) is 0 Å². The highest BCUT2D eigenvalue weighted by molar-refractivity contribution is 6.30. The molecule has 0 aliphatic carbocycles. The van der Waals surface area contributed by atoms with Gasteiger partial charge >= 0.3 is 0 Å². The molecule has 0 bridgehead atoms. The van der Waals surface area contributed by atoms with Gasteiger partial charge in [0.2, 0.25) is 0 Å². The molecule has 17 heavy (non-hydrogen) atoms. The monoisotopic (exact) mass is 248 g/mol. The van der Waals surface area contributed by atoms with E-state index in [0.29, 0.717) is 6.04 Å². The van der Waals surface area contributed by atoms with Gasteiger partial charge in [0.15, 0.2) is 0 Å². The molecule has 0 saturated carbocycles. The van der Waals surface area contributed by atoms with Crippen LogP contribution in [-0.2, 0) is 6.54 Å². The van der Waals surface area contributed by atoms with Crippen LogP contribution in [-0.4, -0.2) is 11.6 Å². The maximum atomic E-state index is 5.88. The van der Waals surface area contributed by atoms with Gasteiger partial charge in [-0.2, -0.15) is 0 Å². The zero-order valence-corrected chi connectivity index (χ0v) is 10.9. The number of benzene rings is 1. The van der Waals surface area contributed by atoms with Crippen LogP contribution in [0.4, 0.5) is 0 Å². The van der Waals surface area contributed by atoms with E-state index in [4.69, 9.17) is 11.6 Å². The Kier molecular flexibility index (Phi) is 3.87. The molecule has 1 aromatic heterocycles. The molecule has 2 aromatic rings. The van der Waals surface area contributed by atoms with Gasteiger partial charge in [0, 0.05) is 29.5 Å². The molecule has 0 aliphatic heterocycles. The van der Waals surface area contributed by atoms with Crippen molar-refractivity contribution in [2.75, 3.05) is 7.05 Å². The van der Waals surface area contributed by atoms with Gasteiger partial charge in [-0.1, -0.05) is 23.7 Å². The number of hydrogen-bond acceptors (Lipinski definition) is 1. The minimum absolute atomic E-state index is 0.359. The first kappa shape index (κ1) is 12.2. The number of hydrogen-bond donors (Lipinski definition) is 1. The maximum Gasteiger partial charge on any atom is 0.0473 e. The van der Waals surface area contributed by atoms with Crippen LogP contribution in [0, 0.1) is 0 Å². The van der Waals surface area contributed by atoms with Crippen LogP contribution in [0.25, 0.3) is 0 Å². The van der Waals surface area contributed by atoms with E-state index in [1.54, 1.807) is 0 Å². The van der Waals surface area contributed by atoms with E-state index in [9.17, 15) is 0 Å². The first-order valence-corrected chi connectivity index (χ1v) is 6.15. The first-order chi connectivity index (χ1) is 8.20. The molecule has 90 valence electrons. The van der Waals surface area contributed by atoms with Crippen molar-refractivity contribution >= 4 is 11.6 Å². The summed E-state index contributed by atoms with van der Waals surface area (Å²) in [5.74, 6) is 0. The van der Waals surface area contributed by atoms with E-state index in [0.717, 1.165) is 11.6 Å². The number of rotatable bonds is 4. The summed E-state index contributed by atoms with van der Waals surface area (Å²) in [6, 6.07) is 12.6. The molecule has 1 unspecified atom stereocenters. The maximum absolute atomic E-state index is 5.88. The topological polar surface area (TPSA) is 17.0 Å². The van der Waals surface area contributed by atoms with Gasteiger partial charge in [-0.05, 0) is 43.8 Å². The predicted molar refractivity (Wildman–Crippen MR) is 72.5 cm³/mol. The van der Waals surface area contributed by atoms with Crippen molar-refractivity contribution in [3.8, 4) is 0 Å². The Bertz CT molecular complexity index is 473. The van der Waals surface area contributed by atoms with E-state index in [1.165, 1.54) is 11.3 Å². The summed E-state index contributed by atoms with van der Waals surface area (Å²) in [4.78, 5) is 0. The van der Waals surface area contributed by atoms with Gasteiger partial charge < -0.3 is 9.88 Å². The second-order valence-electron chi connectivity index (χ2n) is 4.20. The summed E-state index contributed by atoms with van der Waals surface area (Å²) in [7, 11) is 1.98. The molecular weight excluding hydrogens is 232 g/mol. The van der Waals surface area contributed by atoms with Crippen molar-refractivity contribution < 1.29 is 0 Å². The third kappa shape index (κ3) is 2.90. The first-order valence-electron chi connectivity index (χ1n) is 5.77. The molecule has 1 aromatic carbocycles. The summed E-state index contributed by atoms with van der Waals surface area (Å²) in [5, 5.41) is 4.04. The lowest BCUT2D eigenvalue weighted by atomic mass is 10.2. The second kappa shape index (κ2) is 5.39. The molecule has 1 heterocycles. The Labute approximate surface area is 107 Å². The molecule has 0 saturated heterocycles. The molecule has 0 radical (unpaired) electrons. The largest absolute Gasteiger partial charge is 0.346 e. The molecular formula is C14H17ClN2. The molecule has 1 N–H and O–H groups in total. The van der Waals surface area contributed by atoms with Crippen LogP contribution in [0.1, 0.15) is 24.2 Å². The normalized spacial score (nSPS) is 12.6. The lowest BCUT2D eigenvalue weighted by molar-refractivity contribution is 0.589. The highest BCUT2D eigenvalue weighted by atomic mass is 35.5. The predicted octanol–water partition coefficient (Wildman–Crippen LogP) is 3.47. The van der Waals surface area contributed by atoms with Gasteiger partial charge in [0.25, 0.3) is 0 Å². The summed E-state index contributed by atoms with van der Waals surface area (Å²) in [6.07, 6.45) is 2.11. The van der Waals surface area contributed by atoms with E-state index in [1.807, 2.05) is 19.2 Å². The Morgan fingerprint density at radius 3 is 2.59 bits per heavy atom. The average Bonchev–Trinajstić information content (AvgIpc) is 2.79. The van der Waals surface area contributed by atoms with Crippen molar-refractivity contribution in [2.24, 2.45) is 0 Å². The Hall–Kier alpha value is -1.25. The van der Waals surface area contributed by atoms with Gasteiger partial charge in [0.1, 0.15) is 0 Å². The van der Waals surface area contributed by atoms with Crippen molar-refractivity contribution in [1.29, 1.82) is 0 Å². The van der Waals surface area contributed by atoms with E-state index in [2.05, 4.69) is 47.3 Å². The van der Waals surface area contributed by atoms with E-state index < -0.39 is 0 Å². The fourth-order valence-corrected chi connectivity index (χ4v) is 2.02. The van der Waals surface area contributed by atoms with Gasteiger partial charge in [-0.15, -0.1) is 0 Å². The number of nitrogens with zero attached hydrogens (tertiary/aromatic N) is 1. The highest BCUT2D eigenvalue weighted by Gasteiger charge is 2.07. The van der Waals surface area contributed by atoms with Crippen LogP contribution < -0.4 is 5.32 Å². The summed E-state index contributed by atoms with van der Waals surface area (Å²) < 4.78 is 2.25. The molecule has 0 spiro atoms. The zero-order valence-electron chi connectivity index (χ0n) is 10.2. The Morgan fingerprint density at radius 1 is 1.24 bits per heavy atom. The number of aromatic nitrogens is 1. The van der Waals surface area contributed by atoms with Gasteiger partial charge in [-0.3, -0.25) is 0 Å². The molecule has 2 nitrogen and oxygen atoms in total. The summed E-state index contributed by atoms with van der Waals surface area (Å²) >= 11 is 5.88. The summed E-state index contributed by atoms with van der Waals surface area (Å²) in [5.41, 5.74) is 2.55. The number of halogens is 1. The quantitative estimate of drug-likeness (QED) is 0.877. The van der Waals surface area contributed by atoms with Crippen LogP contribution in [0.15, 0.2) is 42.6 Å². The molecule has 0 fully saturated rings. The van der Waals surface area contributed by atoms with Crippen molar-refractivity contribution in [1.82, 2.24) is 9.88 Å². The van der Waals surface area contributed by atoms with Crippen LogP contribution >= 0.6 is 11.6 Å². The lowest BCUT2D eigenvalue weighted by Crippen LogP contribution is -2.16. The highest BCUT2D eigenvalue weighted by Crippen LogP contribution is 2.16. The second-order valence-corrected chi connectivity index (χ2v) is 4.63. The number of nitrogens with one attached hydrogen (secondary N) is 1. The smallest absolute Gasteiger partial charge is 0.0473 e. The van der Waals surface area contributed by atoms with Crippen molar-refractivity contribution in [3.05, 3.63) is 58.9 Å². The standard InChI is InChI=1S/C14H17ClN2/c1-11(16-2)14-4-3-9-17(14)10-12-5-7-13(15)8-6-12/h3-9,11,16H,10H2,1-2H3. The van der Waals surface area contributed by atoms with Crippen LogP contribution in [0.2, 0.25) is 5.02 Å². The minimum atomic E-state index is 0.359. The van der Waals surface area contributed by atoms with Crippen LogP contribution in [0.3, 0.4) is 0 Å². The van der Waals surface area contributed by atoms with E-state index in [-0.39, 0.29) is 0 Å².